The first kappa shape index (κ1) is 17.2. The van der Waals surface area contributed by atoms with Crippen LogP contribution in [0.1, 0.15) is 30.9 Å². The third-order valence-corrected chi connectivity index (χ3v) is 4.50. The first-order chi connectivity index (χ1) is 10.8. The molecule has 2 atom stereocenters. The van der Waals surface area contributed by atoms with Crippen molar-refractivity contribution in [2.24, 2.45) is 5.92 Å². The van der Waals surface area contributed by atoms with Crippen molar-refractivity contribution in [1.82, 2.24) is 4.90 Å². The highest BCUT2D eigenvalue weighted by Gasteiger charge is 2.27. The number of nitro groups is 1. The van der Waals surface area contributed by atoms with Gasteiger partial charge in [0, 0.05) is 25.1 Å². The fraction of sp³-hybridized carbons (Fsp3) is 0.562. The maximum atomic E-state index is 12.5. The van der Waals surface area contributed by atoms with Crippen LogP contribution in [0.4, 0.5) is 16.2 Å². The number of hydrogen-bond acceptors (Lipinski definition) is 4. The molecule has 7 heteroatoms. The number of likely N-dealkylation sites (tertiary alicyclic amines) is 1. The van der Waals surface area contributed by atoms with Crippen molar-refractivity contribution in [2.45, 2.75) is 39.7 Å². The quantitative estimate of drug-likeness (QED) is 0.661. The lowest BCUT2D eigenvalue weighted by Gasteiger charge is -2.34. The topological polar surface area (TPSA) is 95.7 Å². The van der Waals surface area contributed by atoms with E-state index in [1.165, 1.54) is 6.07 Å². The Hall–Kier alpha value is -2.15. The molecule has 1 aromatic rings. The lowest BCUT2D eigenvalue weighted by atomic mass is 9.94. The fourth-order valence-electron chi connectivity index (χ4n) is 3.00. The van der Waals surface area contributed by atoms with Crippen LogP contribution in [0.25, 0.3) is 0 Å². The summed E-state index contributed by atoms with van der Waals surface area (Å²) in [7, 11) is 0. The zero-order valence-corrected chi connectivity index (χ0v) is 13.7. The number of carbonyl (C=O) groups excluding carboxylic acids is 1. The first-order valence-corrected chi connectivity index (χ1v) is 7.80. The number of benzene rings is 1. The number of carbonyl (C=O) groups is 1. The highest BCUT2D eigenvalue weighted by molar-refractivity contribution is 5.92. The van der Waals surface area contributed by atoms with Crippen LogP contribution in [0.3, 0.4) is 0 Å². The Balaban J connectivity index is 2.17. The molecule has 0 radical (unpaired) electrons. The molecule has 1 aromatic carbocycles. The maximum Gasteiger partial charge on any atom is 0.321 e. The molecular formula is C16H23N3O4. The lowest BCUT2D eigenvalue weighted by Crippen LogP contribution is -2.45. The number of anilines is 1. The number of aliphatic hydroxyl groups excluding tert-OH is 1. The smallest absolute Gasteiger partial charge is 0.321 e. The molecule has 0 saturated carbocycles. The van der Waals surface area contributed by atoms with Gasteiger partial charge in [0.2, 0.25) is 0 Å². The van der Waals surface area contributed by atoms with Crippen LogP contribution >= 0.6 is 0 Å². The molecule has 1 heterocycles. The number of piperidine rings is 1. The molecule has 2 N–H and O–H groups in total. The third kappa shape index (κ3) is 3.79. The van der Waals surface area contributed by atoms with Crippen LogP contribution in [0, 0.1) is 29.9 Å². The summed E-state index contributed by atoms with van der Waals surface area (Å²) in [6.45, 7) is 6.30. The second kappa shape index (κ2) is 6.95. The van der Waals surface area contributed by atoms with Gasteiger partial charge in [0.05, 0.1) is 22.3 Å². The van der Waals surface area contributed by atoms with E-state index in [0.29, 0.717) is 24.3 Å². The van der Waals surface area contributed by atoms with Gasteiger partial charge < -0.3 is 15.3 Å². The van der Waals surface area contributed by atoms with E-state index in [4.69, 9.17) is 0 Å². The summed E-state index contributed by atoms with van der Waals surface area (Å²) in [5.74, 6) is 0.0711. The van der Waals surface area contributed by atoms with Gasteiger partial charge in [-0.1, -0.05) is 6.07 Å². The lowest BCUT2D eigenvalue weighted by molar-refractivity contribution is -0.385. The zero-order valence-electron chi connectivity index (χ0n) is 13.7. The molecule has 1 fully saturated rings. The van der Waals surface area contributed by atoms with Crippen LogP contribution in [0.15, 0.2) is 12.1 Å². The Morgan fingerprint density at radius 2 is 2.17 bits per heavy atom. The molecule has 0 bridgehead atoms. The van der Waals surface area contributed by atoms with Gasteiger partial charge >= 0.3 is 6.03 Å². The predicted octanol–water partition coefficient (Wildman–Crippen LogP) is 2.84. The van der Waals surface area contributed by atoms with Crippen LogP contribution in [-0.2, 0) is 0 Å². The molecule has 1 aliphatic heterocycles. The molecule has 2 rings (SSSR count). The fourth-order valence-corrected chi connectivity index (χ4v) is 3.00. The number of nitro benzene ring substituents is 1. The van der Waals surface area contributed by atoms with E-state index in [9.17, 15) is 20.0 Å². The van der Waals surface area contributed by atoms with Gasteiger partial charge in [-0.3, -0.25) is 10.1 Å². The van der Waals surface area contributed by atoms with Gasteiger partial charge in [-0.25, -0.2) is 4.79 Å². The van der Waals surface area contributed by atoms with Crippen LogP contribution < -0.4 is 5.32 Å². The van der Waals surface area contributed by atoms with Crippen molar-refractivity contribution in [1.29, 1.82) is 0 Å². The molecule has 23 heavy (non-hydrogen) atoms. The largest absolute Gasteiger partial charge is 0.393 e. The van der Waals surface area contributed by atoms with Crippen LogP contribution in [0.5, 0.6) is 0 Å². The van der Waals surface area contributed by atoms with Gasteiger partial charge in [0.25, 0.3) is 5.69 Å². The van der Waals surface area contributed by atoms with Gasteiger partial charge in [-0.05, 0) is 39.2 Å². The normalized spacial score (nSPS) is 19.3. The summed E-state index contributed by atoms with van der Waals surface area (Å²) >= 11 is 0. The molecule has 0 spiro atoms. The standard InChI is InChI=1S/C16H23N3O4/c1-10-6-7-14(19(22)23)11(2)15(10)17-16(21)18-8-4-5-13(9-18)12(3)20/h6-7,12-13,20H,4-5,8-9H2,1-3H3,(H,17,21). The Morgan fingerprint density at radius 3 is 2.78 bits per heavy atom. The van der Waals surface area contributed by atoms with Crippen molar-refractivity contribution in [3.8, 4) is 0 Å². The van der Waals surface area contributed by atoms with E-state index in [1.54, 1.807) is 31.7 Å². The van der Waals surface area contributed by atoms with Gasteiger partial charge in [-0.2, -0.15) is 0 Å². The number of urea groups is 1. The number of nitrogens with one attached hydrogen (secondary N) is 1. The molecule has 0 aromatic heterocycles. The monoisotopic (exact) mass is 321 g/mol. The average molecular weight is 321 g/mol. The van der Waals surface area contributed by atoms with E-state index in [1.807, 2.05) is 0 Å². The summed E-state index contributed by atoms with van der Waals surface area (Å²) in [5.41, 5.74) is 1.72. The maximum absolute atomic E-state index is 12.5. The Labute approximate surface area is 135 Å². The van der Waals surface area contributed by atoms with E-state index in [2.05, 4.69) is 5.32 Å². The number of aryl methyl sites for hydroxylation is 1. The van der Waals surface area contributed by atoms with Crippen molar-refractivity contribution >= 4 is 17.4 Å². The SMILES string of the molecule is Cc1ccc([N+](=O)[O-])c(C)c1NC(=O)N1CCCC(C(C)O)C1. The first-order valence-electron chi connectivity index (χ1n) is 7.80. The molecule has 1 aliphatic rings. The van der Waals surface area contributed by atoms with Crippen LogP contribution in [0.2, 0.25) is 0 Å². The van der Waals surface area contributed by atoms with Crippen molar-refractivity contribution in [3.05, 3.63) is 33.4 Å². The second-order valence-corrected chi connectivity index (χ2v) is 6.18. The minimum atomic E-state index is -0.452. The molecule has 126 valence electrons. The second-order valence-electron chi connectivity index (χ2n) is 6.18. The van der Waals surface area contributed by atoms with Gasteiger partial charge in [0.1, 0.15) is 0 Å². The highest BCUT2D eigenvalue weighted by Crippen LogP contribution is 2.29. The molecule has 1 saturated heterocycles. The minimum Gasteiger partial charge on any atom is -0.393 e. The summed E-state index contributed by atoms with van der Waals surface area (Å²) < 4.78 is 0. The van der Waals surface area contributed by atoms with Gasteiger partial charge in [0.15, 0.2) is 0 Å². The number of amides is 2. The highest BCUT2D eigenvalue weighted by atomic mass is 16.6. The number of rotatable bonds is 3. The van der Waals surface area contributed by atoms with Gasteiger partial charge in [-0.15, -0.1) is 0 Å². The Bertz CT molecular complexity index is 616. The summed E-state index contributed by atoms with van der Waals surface area (Å²) in [6, 6.07) is 2.81. The van der Waals surface area contributed by atoms with Crippen molar-refractivity contribution < 1.29 is 14.8 Å². The molecule has 7 nitrogen and oxygen atoms in total. The van der Waals surface area contributed by atoms with Crippen molar-refractivity contribution in [2.75, 3.05) is 18.4 Å². The third-order valence-electron chi connectivity index (χ3n) is 4.50. The number of aliphatic hydroxyl groups is 1. The summed E-state index contributed by atoms with van der Waals surface area (Å²) in [4.78, 5) is 24.7. The molecular weight excluding hydrogens is 298 g/mol. The number of nitrogens with zero attached hydrogens (tertiary/aromatic N) is 2. The Morgan fingerprint density at radius 1 is 1.48 bits per heavy atom. The molecule has 2 unspecified atom stereocenters. The average Bonchev–Trinajstić information content (AvgIpc) is 2.50. The number of hydrogen-bond donors (Lipinski definition) is 2. The van der Waals surface area contributed by atoms with E-state index in [-0.39, 0.29) is 17.6 Å². The van der Waals surface area contributed by atoms with E-state index in [0.717, 1.165) is 18.4 Å². The van der Waals surface area contributed by atoms with E-state index >= 15 is 0 Å². The molecule has 0 aliphatic carbocycles. The Kier molecular flexibility index (Phi) is 5.20. The predicted molar refractivity (Wildman–Crippen MR) is 87.6 cm³/mol. The van der Waals surface area contributed by atoms with E-state index < -0.39 is 11.0 Å². The van der Waals surface area contributed by atoms with Crippen LogP contribution in [-0.4, -0.2) is 40.2 Å². The minimum absolute atomic E-state index is 0.00796. The van der Waals surface area contributed by atoms with Crippen molar-refractivity contribution in [3.63, 3.8) is 0 Å². The molecule has 2 amide bonds. The zero-order chi connectivity index (χ0) is 17.1. The summed E-state index contributed by atoms with van der Waals surface area (Å²) in [6.07, 6.45) is 1.29. The summed E-state index contributed by atoms with van der Waals surface area (Å²) in [5, 5.41) is 23.6.